The van der Waals surface area contributed by atoms with Crippen LogP contribution in [0, 0.1) is 0 Å². The van der Waals surface area contributed by atoms with Crippen LogP contribution in [0.15, 0.2) is 51.9 Å². The number of nitrogens with zero attached hydrogens (tertiary/aromatic N) is 5. The van der Waals surface area contributed by atoms with Crippen molar-refractivity contribution < 1.29 is 14.0 Å². The molecular formula is C18H17N5O4. The molecule has 1 aliphatic rings. The van der Waals surface area contributed by atoms with Crippen molar-refractivity contribution in [3.8, 4) is 0 Å². The minimum Gasteiger partial charge on any atom is -0.459 e. The van der Waals surface area contributed by atoms with Crippen LogP contribution >= 0.6 is 0 Å². The molecule has 1 aromatic carbocycles. The maximum atomic E-state index is 12.5. The Morgan fingerprint density at radius 3 is 2.48 bits per heavy atom. The molecule has 0 radical (unpaired) electrons. The third-order valence-electron chi connectivity index (χ3n) is 4.57. The molecule has 0 saturated carbocycles. The van der Waals surface area contributed by atoms with Crippen LogP contribution in [0.3, 0.4) is 0 Å². The number of carbonyl (C=O) groups is 2. The molecule has 2 aromatic heterocycles. The summed E-state index contributed by atoms with van der Waals surface area (Å²) in [6, 6.07) is 10.2. The summed E-state index contributed by atoms with van der Waals surface area (Å²) in [5.74, 6) is -0.136. The average Bonchev–Trinajstić information content (AvgIpc) is 3.25. The number of hydrogen-bond acceptors (Lipinski definition) is 6. The van der Waals surface area contributed by atoms with Crippen molar-refractivity contribution in [3.63, 3.8) is 0 Å². The molecule has 0 atom stereocenters. The first kappa shape index (κ1) is 17.0. The fourth-order valence-electron chi connectivity index (χ4n) is 3.07. The van der Waals surface area contributed by atoms with Crippen LogP contribution < -0.4 is 5.56 Å². The van der Waals surface area contributed by atoms with Gasteiger partial charge in [0.25, 0.3) is 11.5 Å². The van der Waals surface area contributed by atoms with Crippen molar-refractivity contribution >= 4 is 22.7 Å². The van der Waals surface area contributed by atoms with Gasteiger partial charge in [0.2, 0.25) is 5.91 Å². The predicted octanol–water partition coefficient (Wildman–Crippen LogP) is 0.369. The van der Waals surface area contributed by atoms with Gasteiger partial charge in [0.15, 0.2) is 5.76 Å². The van der Waals surface area contributed by atoms with Crippen molar-refractivity contribution in [2.24, 2.45) is 0 Å². The van der Waals surface area contributed by atoms with E-state index < -0.39 is 0 Å². The zero-order valence-electron chi connectivity index (χ0n) is 14.4. The van der Waals surface area contributed by atoms with Gasteiger partial charge in [-0.3, -0.25) is 14.4 Å². The van der Waals surface area contributed by atoms with Crippen molar-refractivity contribution in [3.05, 3.63) is 58.8 Å². The topological polar surface area (TPSA) is 102 Å². The smallest absolute Gasteiger partial charge is 0.289 e. The average molecular weight is 367 g/mol. The highest BCUT2D eigenvalue weighted by Crippen LogP contribution is 2.10. The predicted molar refractivity (Wildman–Crippen MR) is 95.0 cm³/mol. The summed E-state index contributed by atoms with van der Waals surface area (Å²) in [4.78, 5) is 40.5. The Morgan fingerprint density at radius 1 is 1.00 bits per heavy atom. The minimum atomic E-state index is -0.347. The summed E-state index contributed by atoms with van der Waals surface area (Å²) in [6.45, 7) is 1.41. The van der Waals surface area contributed by atoms with Gasteiger partial charge in [0, 0.05) is 26.2 Å². The van der Waals surface area contributed by atoms with Gasteiger partial charge in [0.05, 0.1) is 11.6 Å². The summed E-state index contributed by atoms with van der Waals surface area (Å²) >= 11 is 0. The van der Waals surface area contributed by atoms with E-state index in [1.165, 1.54) is 6.26 Å². The summed E-state index contributed by atoms with van der Waals surface area (Å²) < 4.78 is 6.20. The normalized spacial score (nSPS) is 14.5. The van der Waals surface area contributed by atoms with Crippen molar-refractivity contribution in [2.45, 2.75) is 6.54 Å². The van der Waals surface area contributed by atoms with Gasteiger partial charge < -0.3 is 14.2 Å². The molecule has 1 fully saturated rings. The molecule has 3 heterocycles. The summed E-state index contributed by atoms with van der Waals surface area (Å²) in [5.41, 5.74) is 0.150. The standard InChI is InChI=1S/C18H17N5O4/c24-16(12-23-17(25)13-4-1-2-5-14(13)19-20-23)21-7-9-22(10-8-21)18(26)15-6-3-11-27-15/h1-6,11H,7-10,12H2. The zero-order valence-corrected chi connectivity index (χ0v) is 14.4. The fraction of sp³-hybridized carbons (Fsp3) is 0.278. The first-order valence-corrected chi connectivity index (χ1v) is 8.56. The van der Waals surface area contributed by atoms with Crippen LogP contribution in [-0.4, -0.2) is 62.8 Å². The van der Waals surface area contributed by atoms with E-state index in [4.69, 9.17) is 4.42 Å². The lowest BCUT2D eigenvalue weighted by atomic mass is 10.2. The second-order valence-electron chi connectivity index (χ2n) is 6.22. The quantitative estimate of drug-likeness (QED) is 0.663. The van der Waals surface area contributed by atoms with E-state index in [9.17, 15) is 14.4 Å². The van der Waals surface area contributed by atoms with Crippen LogP contribution in [-0.2, 0) is 11.3 Å². The molecule has 9 heteroatoms. The Labute approximate surface area is 153 Å². The van der Waals surface area contributed by atoms with Crippen molar-refractivity contribution in [2.75, 3.05) is 26.2 Å². The SMILES string of the molecule is O=C(Cn1nnc2ccccc2c1=O)N1CCN(C(=O)c2ccco2)CC1. The highest BCUT2D eigenvalue weighted by Gasteiger charge is 2.26. The highest BCUT2D eigenvalue weighted by molar-refractivity contribution is 5.91. The van der Waals surface area contributed by atoms with Gasteiger partial charge in [-0.1, -0.05) is 17.3 Å². The molecule has 0 aliphatic carbocycles. The second kappa shape index (κ2) is 7.02. The largest absolute Gasteiger partial charge is 0.459 e. The monoisotopic (exact) mass is 367 g/mol. The third kappa shape index (κ3) is 3.31. The number of amides is 2. The van der Waals surface area contributed by atoms with Gasteiger partial charge >= 0.3 is 0 Å². The number of rotatable bonds is 3. The van der Waals surface area contributed by atoms with Crippen LogP contribution in [0.25, 0.3) is 10.9 Å². The molecule has 0 unspecified atom stereocenters. The van der Waals surface area contributed by atoms with Gasteiger partial charge in [-0.05, 0) is 24.3 Å². The van der Waals surface area contributed by atoms with Crippen LogP contribution in [0.1, 0.15) is 10.6 Å². The first-order valence-electron chi connectivity index (χ1n) is 8.56. The van der Waals surface area contributed by atoms with E-state index in [1.807, 2.05) is 0 Å². The Hall–Kier alpha value is -3.49. The Balaban J connectivity index is 1.41. The molecule has 3 aromatic rings. The molecule has 138 valence electrons. The van der Waals surface area contributed by atoms with Crippen LogP contribution in [0.5, 0.6) is 0 Å². The molecule has 0 N–H and O–H groups in total. The third-order valence-corrected chi connectivity index (χ3v) is 4.57. The lowest BCUT2D eigenvalue weighted by Gasteiger charge is -2.34. The number of aromatic nitrogens is 3. The first-order chi connectivity index (χ1) is 13.1. The van der Waals surface area contributed by atoms with Gasteiger partial charge in [0.1, 0.15) is 12.1 Å². The molecule has 0 spiro atoms. The van der Waals surface area contributed by atoms with E-state index in [2.05, 4.69) is 10.3 Å². The number of hydrogen-bond donors (Lipinski definition) is 0. The molecular weight excluding hydrogens is 350 g/mol. The highest BCUT2D eigenvalue weighted by atomic mass is 16.3. The summed E-state index contributed by atoms with van der Waals surface area (Å²) in [7, 11) is 0. The van der Waals surface area contributed by atoms with Crippen molar-refractivity contribution in [1.82, 2.24) is 24.8 Å². The van der Waals surface area contributed by atoms with E-state index in [-0.39, 0.29) is 29.7 Å². The van der Waals surface area contributed by atoms with Crippen molar-refractivity contribution in [1.29, 1.82) is 0 Å². The minimum absolute atomic E-state index is 0.178. The van der Waals surface area contributed by atoms with E-state index >= 15 is 0 Å². The van der Waals surface area contributed by atoms with Gasteiger partial charge in [-0.25, -0.2) is 4.68 Å². The lowest BCUT2D eigenvalue weighted by molar-refractivity contribution is -0.133. The van der Waals surface area contributed by atoms with Gasteiger partial charge in [-0.2, -0.15) is 0 Å². The van der Waals surface area contributed by atoms with Gasteiger partial charge in [-0.15, -0.1) is 5.10 Å². The molecule has 4 rings (SSSR count). The molecule has 2 amide bonds. The maximum Gasteiger partial charge on any atom is 0.289 e. The van der Waals surface area contributed by atoms with E-state index in [1.54, 1.807) is 46.2 Å². The molecule has 9 nitrogen and oxygen atoms in total. The lowest BCUT2D eigenvalue weighted by Crippen LogP contribution is -2.51. The fourth-order valence-corrected chi connectivity index (χ4v) is 3.07. The Bertz CT molecular complexity index is 1040. The number of benzene rings is 1. The van der Waals surface area contributed by atoms with E-state index in [0.717, 1.165) is 4.68 Å². The molecule has 0 bridgehead atoms. The number of carbonyl (C=O) groups excluding carboxylic acids is 2. The van der Waals surface area contributed by atoms with Crippen LogP contribution in [0.4, 0.5) is 0 Å². The number of fused-ring (bicyclic) bond motifs is 1. The maximum absolute atomic E-state index is 12.5. The number of furan rings is 1. The Morgan fingerprint density at radius 2 is 1.74 bits per heavy atom. The Kier molecular flexibility index (Phi) is 4.41. The molecule has 27 heavy (non-hydrogen) atoms. The summed E-state index contributed by atoms with van der Waals surface area (Å²) in [6.07, 6.45) is 1.45. The van der Waals surface area contributed by atoms with E-state index in [0.29, 0.717) is 37.1 Å². The zero-order chi connectivity index (χ0) is 18.8. The molecule has 1 aliphatic heterocycles. The van der Waals surface area contributed by atoms with Crippen LogP contribution in [0.2, 0.25) is 0 Å². The summed E-state index contributed by atoms with van der Waals surface area (Å²) in [5, 5.41) is 8.26. The number of piperazine rings is 1. The second-order valence-corrected chi connectivity index (χ2v) is 6.22. The molecule has 1 saturated heterocycles.